The van der Waals surface area contributed by atoms with Gasteiger partial charge in [0.25, 0.3) is 0 Å². The number of likely N-dealkylation sites (N-methyl/N-ethyl adjacent to an activating group) is 1. The molecule has 0 aromatic heterocycles. The molecule has 0 spiro atoms. The first-order valence-electron chi connectivity index (χ1n) is 6.64. The molecule has 1 N–H and O–H groups in total. The fraction of sp³-hybridized carbons (Fsp3) is 0.375. The van der Waals surface area contributed by atoms with Crippen molar-refractivity contribution >= 4 is 12.1 Å². The Bertz CT molecular complexity index is 531. The Morgan fingerprint density at radius 1 is 1.36 bits per heavy atom. The highest BCUT2D eigenvalue weighted by atomic mass is 19.1. The zero-order valence-electron chi connectivity index (χ0n) is 12.6. The Labute approximate surface area is 129 Å². The zero-order chi connectivity index (χ0) is 17.0. The molecule has 1 amide bonds. The molecule has 0 unspecified atom stereocenters. The minimum atomic E-state index is -0.279. The second kappa shape index (κ2) is 11.2. The number of hydrogen-bond acceptors (Lipinski definition) is 4. The topological polar surface area (TPSA) is 66.5 Å². The number of amides is 1. The molecule has 0 heterocycles. The Morgan fingerprint density at radius 2 is 1.91 bits per heavy atom. The molecule has 22 heavy (non-hydrogen) atoms. The molecule has 1 rings (SSSR count). The quantitative estimate of drug-likeness (QED) is 0.806. The van der Waals surface area contributed by atoms with E-state index in [2.05, 4.69) is 11.2 Å². The second-order valence-electron chi connectivity index (χ2n) is 4.54. The van der Waals surface area contributed by atoms with Crippen molar-refractivity contribution in [2.45, 2.75) is 19.4 Å². The molecule has 1 aromatic rings. The molecule has 0 saturated carbocycles. The monoisotopic (exact) mass is 306 g/mol. The van der Waals surface area contributed by atoms with Crippen molar-refractivity contribution in [2.75, 3.05) is 20.1 Å². The number of terminal acetylenes is 1. The fourth-order valence-electron chi connectivity index (χ4n) is 1.81. The summed E-state index contributed by atoms with van der Waals surface area (Å²) in [6, 6.07) is 6.07. The lowest BCUT2D eigenvalue weighted by molar-refractivity contribution is -0.191. The summed E-state index contributed by atoms with van der Waals surface area (Å²) in [6.07, 6.45) is 6.18. The van der Waals surface area contributed by atoms with E-state index in [-0.39, 0.29) is 30.5 Å². The largest absolute Gasteiger partial charge is 0.373 e. The van der Waals surface area contributed by atoms with Crippen LogP contribution in [0.25, 0.3) is 0 Å². The number of nitrogens with one attached hydrogen (secondary N) is 1. The van der Waals surface area contributed by atoms with Crippen molar-refractivity contribution < 1.29 is 18.8 Å². The molecular formula is C16H19FN2O3. The molecule has 0 saturated heterocycles. The van der Waals surface area contributed by atoms with Crippen molar-refractivity contribution in [1.82, 2.24) is 10.2 Å². The van der Waals surface area contributed by atoms with Gasteiger partial charge in [-0.25, -0.2) is 4.39 Å². The summed E-state index contributed by atoms with van der Waals surface area (Å²) >= 11 is 0. The van der Waals surface area contributed by atoms with Crippen LogP contribution in [-0.4, -0.2) is 37.1 Å². The smallest absolute Gasteiger partial charge is 0.348 e. The van der Waals surface area contributed by atoms with Gasteiger partial charge in [-0.1, -0.05) is 25.0 Å². The standard InChI is InChI=1S/C15H19FN2O.CO2/c1-4-10-18(3)11-15(19)17-14(5-2)12-6-8-13(16)9-7-12;2-1-3/h1,6-9,14H,5,10-11H2,2-3H3,(H,17,19);/t14-;/m0./s1. The lowest BCUT2D eigenvalue weighted by atomic mass is 10.0. The van der Waals surface area contributed by atoms with Gasteiger partial charge in [0.1, 0.15) is 5.82 Å². The van der Waals surface area contributed by atoms with Crippen molar-refractivity contribution in [3.8, 4) is 12.3 Å². The number of halogens is 1. The third-order valence-corrected chi connectivity index (χ3v) is 2.79. The number of rotatable bonds is 6. The fourth-order valence-corrected chi connectivity index (χ4v) is 1.81. The third kappa shape index (κ3) is 7.95. The van der Waals surface area contributed by atoms with Gasteiger partial charge in [-0.2, -0.15) is 9.59 Å². The zero-order valence-corrected chi connectivity index (χ0v) is 12.6. The van der Waals surface area contributed by atoms with Gasteiger partial charge >= 0.3 is 6.15 Å². The molecule has 1 atom stereocenters. The van der Waals surface area contributed by atoms with Crippen LogP contribution < -0.4 is 5.32 Å². The molecular weight excluding hydrogens is 287 g/mol. The van der Waals surface area contributed by atoms with Gasteiger partial charge in [-0.3, -0.25) is 9.69 Å². The van der Waals surface area contributed by atoms with Crippen LogP contribution in [0.3, 0.4) is 0 Å². The maximum atomic E-state index is 12.9. The van der Waals surface area contributed by atoms with Gasteiger partial charge in [0, 0.05) is 0 Å². The molecule has 0 aliphatic heterocycles. The molecule has 118 valence electrons. The van der Waals surface area contributed by atoms with Gasteiger partial charge in [0.2, 0.25) is 5.91 Å². The highest BCUT2D eigenvalue weighted by Crippen LogP contribution is 2.16. The Hall–Kier alpha value is -2.48. The van der Waals surface area contributed by atoms with E-state index < -0.39 is 0 Å². The van der Waals surface area contributed by atoms with E-state index in [0.717, 1.165) is 12.0 Å². The summed E-state index contributed by atoms with van der Waals surface area (Å²) in [5.74, 6) is 2.11. The molecule has 0 aliphatic carbocycles. The predicted molar refractivity (Wildman–Crippen MR) is 78.9 cm³/mol. The molecule has 0 radical (unpaired) electrons. The first kappa shape index (κ1) is 19.5. The molecule has 1 aromatic carbocycles. The molecule has 6 heteroatoms. The molecule has 0 aliphatic rings. The average Bonchev–Trinajstić information content (AvgIpc) is 2.47. The lowest BCUT2D eigenvalue weighted by Crippen LogP contribution is -2.37. The predicted octanol–water partition coefficient (Wildman–Crippen LogP) is 1.37. The summed E-state index contributed by atoms with van der Waals surface area (Å²) in [6.45, 7) is 2.65. The SMILES string of the molecule is C#CCN(C)CC(=O)N[C@@H](CC)c1ccc(F)cc1.O=C=O. The lowest BCUT2D eigenvalue weighted by Gasteiger charge is -2.19. The highest BCUT2D eigenvalue weighted by Gasteiger charge is 2.13. The van der Waals surface area contributed by atoms with Crippen LogP contribution in [0.4, 0.5) is 4.39 Å². The molecule has 0 fully saturated rings. The number of benzene rings is 1. The van der Waals surface area contributed by atoms with Gasteiger partial charge in [0.05, 0.1) is 19.1 Å². The van der Waals surface area contributed by atoms with Crippen LogP contribution in [-0.2, 0) is 14.4 Å². The van der Waals surface area contributed by atoms with Crippen molar-refractivity contribution in [3.05, 3.63) is 35.6 Å². The Balaban J connectivity index is 0.00000135. The first-order chi connectivity index (χ1) is 10.5. The van der Waals surface area contributed by atoms with Crippen LogP contribution in [0, 0.1) is 18.2 Å². The number of carbonyl (C=O) groups excluding carboxylic acids is 3. The van der Waals surface area contributed by atoms with E-state index in [9.17, 15) is 9.18 Å². The number of carbonyl (C=O) groups is 1. The number of nitrogens with zero attached hydrogens (tertiary/aromatic N) is 1. The van der Waals surface area contributed by atoms with Gasteiger partial charge in [-0.05, 0) is 31.2 Å². The minimum absolute atomic E-state index is 0.0890. The van der Waals surface area contributed by atoms with E-state index in [0.29, 0.717) is 6.54 Å². The van der Waals surface area contributed by atoms with Gasteiger partial charge < -0.3 is 5.32 Å². The Morgan fingerprint density at radius 3 is 2.36 bits per heavy atom. The average molecular weight is 306 g/mol. The highest BCUT2D eigenvalue weighted by molar-refractivity contribution is 5.78. The van der Waals surface area contributed by atoms with E-state index in [1.54, 1.807) is 24.1 Å². The summed E-state index contributed by atoms with van der Waals surface area (Å²) in [5.41, 5.74) is 0.900. The third-order valence-electron chi connectivity index (χ3n) is 2.79. The van der Waals surface area contributed by atoms with Crippen LogP contribution in [0.15, 0.2) is 24.3 Å². The summed E-state index contributed by atoms with van der Waals surface area (Å²) in [4.78, 5) is 29.8. The van der Waals surface area contributed by atoms with Crippen LogP contribution in [0.1, 0.15) is 24.9 Å². The second-order valence-corrected chi connectivity index (χ2v) is 4.54. The summed E-state index contributed by atoms with van der Waals surface area (Å²) in [7, 11) is 1.79. The van der Waals surface area contributed by atoms with Crippen molar-refractivity contribution in [1.29, 1.82) is 0 Å². The van der Waals surface area contributed by atoms with E-state index in [1.807, 2.05) is 6.92 Å². The van der Waals surface area contributed by atoms with Crippen molar-refractivity contribution in [2.24, 2.45) is 0 Å². The Kier molecular flexibility index (Phi) is 9.95. The normalized spacial score (nSPS) is 10.7. The maximum absolute atomic E-state index is 12.9. The van der Waals surface area contributed by atoms with Gasteiger partial charge in [-0.15, -0.1) is 6.42 Å². The van der Waals surface area contributed by atoms with E-state index in [4.69, 9.17) is 16.0 Å². The maximum Gasteiger partial charge on any atom is 0.373 e. The van der Waals surface area contributed by atoms with Crippen LogP contribution >= 0.6 is 0 Å². The minimum Gasteiger partial charge on any atom is -0.348 e. The van der Waals surface area contributed by atoms with Crippen molar-refractivity contribution in [3.63, 3.8) is 0 Å². The van der Waals surface area contributed by atoms with Crippen LogP contribution in [0.5, 0.6) is 0 Å². The molecule has 5 nitrogen and oxygen atoms in total. The van der Waals surface area contributed by atoms with E-state index >= 15 is 0 Å². The number of hydrogen-bond donors (Lipinski definition) is 1. The van der Waals surface area contributed by atoms with Gasteiger partial charge in [0.15, 0.2) is 0 Å². The molecule has 0 bridgehead atoms. The first-order valence-corrected chi connectivity index (χ1v) is 6.64. The summed E-state index contributed by atoms with van der Waals surface area (Å²) < 4.78 is 12.9. The summed E-state index contributed by atoms with van der Waals surface area (Å²) in [5, 5.41) is 2.92. The van der Waals surface area contributed by atoms with Crippen LogP contribution in [0.2, 0.25) is 0 Å². The van der Waals surface area contributed by atoms with E-state index in [1.165, 1.54) is 12.1 Å².